The van der Waals surface area contributed by atoms with Gasteiger partial charge in [0.15, 0.2) is 5.78 Å². The second kappa shape index (κ2) is 3.13. The first-order valence-corrected chi connectivity index (χ1v) is 4.74. The Morgan fingerprint density at radius 3 is 2.69 bits per heavy atom. The van der Waals surface area contributed by atoms with E-state index in [1.54, 1.807) is 6.08 Å². The summed E-state index contributed by atoms with van der Waals surface area (Å²) in [4.78, 5) is 11.7. The molecule has 0 aliphatic heterocycles. The second-order valence-electron chi connectivity index (χ2n) is 4.92. The Morgan fingerprint density at radius 1 is 1.54 bits per heavy atom. The third-order valence-corrected chi connectivity index (χ3v) is 2.72. The average Bonchev–Trinajstić information content (AvgIpc) is 1.97. The quantitative estimate of drug-likeness (QED) is 0.594. The van der Waals surface area contributed by atoms with Gasteiger partial charge in [0, 0.05) is 5.41 Å². The van der Waals surface area contributed by atoms with E-state index in [1.807, 2.05) is 19.1 Å². The lowest BCUT2D eigenvalue weighted by atomic mass is 9.66. The molecule has 0 aromatic carbocycles. The molecule has 72 valence electrons. The molecule has 1 heteroatoms. The van der Waals surface area contributed by atoms with Gasteiger partial charge < -0.3 is 0 Å². The van der Waals surface area contributed by atoms with Crippen LogP contribution < -0.4 is 0 Å². The molecule has 1 rings (SSSR count). The van der Waals surface area contributed by atoms with Gasteiger partial charge in [-0.25, -0.2) is 0 Å². The van der Waals surface area contributed by atoms with Crippen molar-refractivity contribution < 1.29 is 4.79 Å². The molecule has 0 unspecified atom stereocenters. The molecule has 0 radical (unpaired) electrons. The number of allylic oxidation sites excluding steroid dienone is 3. The molecular formula is C12H18O. The van der Waals surface area contributed by atoms with Gasteiger partial charge in [0.1, 0.15) is 0 Å². The van der Waals surface area contributed by atoms with Gasteiger partial charge in [-0.1, -0.05) is 32.9 Å². The van der Waals surface area contributed by atoms with E-state index < -0.39 is 0 Å². The molecule has 0 saturated heterocycles. The number of hydrogen-bond donors (Lipinski definition) is 0. The lowest BCUT2D eigenvalue weighted by Gasteiger charge is -2.37. The molecule has 0 amide bonds. The maximum Gasteiger partial charge on any atom is 0.161 e. The van der Waals surface area contributed by atoms with Gasteiger partial charge in [0.25, 0.3) is 0 Å². The van der Waals surface area contributed by atoms with Gasteiger partial charge in [0.2, 0.25) is 0 Å². The number of hydrogen-bond acceptors (Lipinski definition) is 1. The summed E-state index contributed by atoms with van der Waals surface area (Å²) in [6, 6.07) is 0. The molecule has 0 heterocycles. The van der Waals surface area contributed by atoms with E-state index in [-0.39, 0.29) is 16.6 Å². The summed E-state index contributed by atoms with van der Waals surface area (Å²) in [5, 5.41) is 0. The van der Waals surface area contributed by atoms with E-state index in [9.17, 15) is 4.79 Å². The Hall–Kier alpha value is -0.850. The Kier molecular flexibility index (Phi) is 2.47. The number of carbonyl (C=O) groups is 1. The summed E-state index contributed by atoms with van der Waals surface area (Å²) in [7, 11) is 0. The maximum absolute atomic E-state index is 11.7. The van der Waals surface area contributed by atoms with Crippen molar-refractivity contribution in [2.75, 3.05) is 0 Å². The molecule has 0 aromatic heterocycles. The fraction of sp³-hybridized carbons (Fsp3) is 0.583. The minimum absolute atomic E-state index is 0.145. The fourth-order valence-corrected chi connectivity index (χ4v) is 2.15. The third-order valence-electron chi connectivity index (χ3n) is 2.72. The first kappa shape index (κ1) is 10.2. The Morgan fingerprint density at radius 2 is 2.15 bits per heavy atom. The van der Waals surface area contributed by atoms with Crippen molar-refractivity contribution in [1.29, 1.82) is 0 Å². The number of rotatable bonds is 2. The average molecular weight is 178 g/mol. The van der Waals surface area contributed by atoms with E-state index in [0.29, 0.717) is 0 Å². The van der Waals surface area contributed by atoms with Crippen LogP contribution in [0.5, 0.6) is 0 Å². The number of ketones is 1. The smallest absolute Gasteiger partial charge is 0.161 e. The van der Waals surface area contributed by atoms with Crippen LogP contribution in [0.3, 0.4) is 0 Å². The Balaban J connectivity index is 2.94. The van der Waals surface area contributed by atoms with E-state index in [1.165, 1.54) is 0 Å². The van der Waals surface area contributed by atoms with Crippen LogP contribution in [0.2, 0.25) is 0 Å². The summed E-state index contributed by atoms with van der Waals surface area (Å²) < 4.78 is 0. The molecule has 0 bridgehead atoms. The minimum Gasteiger partial charge on any atom is -0.294 e. The van der Waals surface area contributed by atoms with Crippen molar-refractivity contribution in [3.05, 3.63) is 24.8 Å². The van der Waals surface area contributed by atoms with Gasteiger partial charge in [-0.2, -0.15) is 0 Å². The van der Waals surface area contributed by atoms with Crippen LogP contribution in [0.25, 0.3) is 0 Å². The highest BCUT2D eigenvalue weighted by Gasteiger charge is 2.38. The van der Waals surface area contributed by atoms with Crippen molar-refractivity contribution in [3.63, 3.8) is 0 Å². The zero-order valence-electron chi connectivity index (χ0n) is 8.76. The molecule has 1 nitrogen and oxygen atoms in total. The predicted octanol–water partition coefficient (Wildman–Crippen LogP) is 3.12. The van der Waals surface area contributed by atoms with Gasteiger partial charge in [-0.05, 0) is 24.3 Å². The van der Waals surface area contributed by atoms with Gasteiger partial charge >= 0.3 is 0 Å². The largest absolute Gasteiger partial charge is 0.294 e. The van der Waals surface area contributed by atoms with Crippen molar-refractivity contribution >= 4 is 5.78 Å². The Bertz CT molecular complexity index is 260. The first-order valence-electron chi connectivity index (χ1n) is 4.74. The Labute approximate surface area is 80.5 Å². The van der Waals surface area contributed by atoms with Crippen molar-refractivity contribution in [2.24, 2.45) is 10.8 Å². The highest BCUT2D eigenvalue weighted by atomic mass is 16.1. The summed E-state index contributed by atoms with van der Waals surface area (Å²) in [5.41, 5.74) is -0.0777. The summed E-state index contributed by atoms with van der Waals surface area (Å²) in [6.07, 6.45) is 7.28. The molecule has 0 spiro atoms. The molecule has 0 aromatic rings. The molecule has 1 atom stereocenters. The molecule has 0 saturated carbocycles. The van der Waals surface area contributed by atoms with Crippen LogP contribution >= 0.6 is 0 Å². The van der Waals surface area contributed by atoms with E-state index >= 15 is 0 Å². The summed E-state index contributed by atoms with van der Waals surface area (Å²) in [6.45, 7) is 10.1. The standard InChI is InChI=1S/C12H18O/c1-5-7-12(4)9-11(2,3)8-6-10(12)13/h5-6,8H,1,7,9H2,2-4H3/t12-/m0/s1. The van der Waals surface area contributed by atoms with Gasteiger partial charge in [-0.15, -0.1) is 6.58 Å². The molecular weight excluding hydrogens is 160 g/mol. The number of carbonyl (C=O) groups excluding carboxylic acids is 1. The lowest BCUT2D eigenvalue weighted by Crippen LogP contribution is -2.34. The normalized spacial score (nSPS) is 31.8. The fourth-order valence-electron chi connectivity index (χ4n) is 2.15. The van der Waals surface area contributed by atoms with E-state index in [4.69, 9.17) is 0 Å². The van der Waals surface area contributed by atoms with E-state index in [0.717, 1.165) is 12.8 Å². The topological polar surface area (TPSA) is 17.1 Å². The SMILES string of the molecule is C=CC[C@@]1(C)CC(C)(C)C=CC1=O. The van der Waals surface area contributed by atoms with Gasteiger partial charge in [-0.3, -0.25) is 4.79 Å². The van der Waals surface area contributed by atoms with Gasteiger partial charge in [0.05, 0.1) is 0 Å². The molecule has 1 aliphatic rings. The summed E-state index contributed by atoms with van der Waals surface area (Å²) >= 11 is 0. The molecule has 0 N–H and O–H groups in total. The summed E-state index contributed by atoms with van der Waals surface area (Å²) in [5.74, 6) is 0.242. The zero-order valence-corrected chi connectivity index (χ0v) is 8.76. The molecule has 1 aliphatic carbocycles. The van der Waals surface area contributed by atoms with Crippen LogP contribution in [0, 0.1) is 10.8 Å². The van der Waals surface area contributed by atoms with Crippen LogP contribution in [-0.4, -0.2) is 5.78 Å². The van der Waals surface area contributed by atoms with Crippen molar-refractivity contribution in [1.82, 2.24) is 0 Å². The first-order chi connectivity index (χ1) is 5.90. The molecule has 13 heavy (non-hydrogen) atoms. The monoisotopic (exact) mass is 178 g/mol. The van der Waals surface area contributed by atoms with Crippen LogP contribution in [0.15, 0.2) is 24.8 Å². The van der Waals surface area contributed by atoms with Crippen LogP contribution in [0.4, 0.5) is 0 Å². The van der Waals surface area contributed by atoms with E-state index in [2.05, 4.69) is 20.4 Å². The third kappa shape index (κ3) is 2.09. The van der Waals surface area contributed by atoms with Crippen LogP contribution in [-0.2, 0) is 4.79 Å². The molecule has 0 fully saturated rings. The predicted molar refractivity (Wildman–Crippen MR) is 55.5 cm³/mol. The highest BCUT2D eigenvalue weighted by Crippen LogP contribution is 2.42. The zero-order chi connectivity index (χ0) is 10.1. The highest BCUT2D eigenvalue weighted by molar-refractivity contribution is 5.95. The minimum atomic E-state index is -0.222. The van der Waals surface area contributed by atoms with Crippen molar-refractivity contribution in [3.8, 4) is 0 Å². The second-order valence-corrected chi connectivity index (χ2v) is 4.92. The lowest BCUT2D eigenvalue weighted by molar-refractivity contribution is -0.125. The van der Waals surface area contributed by atoms with Crippen molar-refractivity contribution in [2.45, 2.75) is 33.6 Å². The van der Waals surface area contributed by atoms with Crippen LogP contribution in [0.1, 0.15) is 33.6 Å². The maximum atomic E-state index is 11.7.